The van der Waals surface area contributed by atoms with Crippen LogP contribution in [0.3, 0.4) is 0 Å². The summed E-state index contributed by atoms with van der Waals surface area (Å²) in [6.45, 7) is 2.76. The van der Waals surface area contributed by atoms with E-state index in [1.807, 2.05) is 0 Å². The lowest BCUT2D eigenvalue weighted by Crippen LogP contribution is -2.43. The van der Waals surface area contributed by atoms with E-state index in [1.54, 1.807) is 17.0 Å². The summed E-state index contributed by atoms with van der Waals surface area (Å²) < 4.78 is 23.5. The number of halogens is 1. The van der Waals surface area contributed by atoms with Crippen LogP contribution in [0.15, 0.2) is 24.3 Å². The van der Waals surface area contributed by atoms with Gasteiger partial charge in [0.25, 0.3) is 0 Å². The molecule has 1 aromatic rings. The molecule has 24 heavy (non-hydrogen) atoms. The van der Waals surface area contributed by atoms with Gasteiger partial charge in [0.15, 0.2) is 0 Å². The Bertz CT molecular complexity index is 589. The lowest BCUT2D eigenvalue weighted by Gasteiger charge is -2.27. The third kappa shape index (κ3) is 4.21. The van der Waals surface area contributed by atoms with Crippen LogP contribution in [0.25, 0.3) is 0 Å². The molecule has 3 rings (SSSR count). The molecule has 2 aliphatic rings. The SMILES string of the molecule is O=C(OC1CNN(C(=O)Cc2ccc(F)cc2)C1)N1CCOCC1. The van der Waals surface area contributed by atoms with Crippen molar-refractivity contribution in [1.29, 1.82) is 0 Å². The zero-order valence-electron chi connectivity index (χ0n) is 13.2. The van der Waals surface area contributed by atoms with E-state index in [9.17, 15) is 14.0 Å². The van der Waals surface area contributed by atoms with Crippen LogP contribution in [0.4, 0.5) is 9.18 Å². The molecule has 1 N–H and O–H groups in total. The molecule has 2 heterocycles. The maximum absolute atomic E-state index is 12.9. The number of hydrogen-bond acceptors (Lipinski definition) is 5. The molecule has 0 spiro atoms. The summed E-state index contributed by atoms with van der Waals surface area (Å²) in [5.74, 6) is -0.480. The number of nitrogens with one attached hydrogen (secondary N) is 1. The van der Waals surface area contributed by atoms with E-state index < -0.39 is 0 Å². The number of carbonyl (C=O) groups is 2. The minimum Gasteiger partial charge on any atom is -0.443 e. The Morgan fingerprint density at radius 1 is 1.25 bits per heavy atom. The molecule has 2 saturated heterocycles. The highest BCUT2D eigenvalue weighted by Gasteiger charge is 2.30. The highest BCUT2D eigenvalue weighted by Crippen LogP contribution is 2.10. The van der Waals surface area contributed by atoms with E-state index in [4.69, 9.17) is 9.47 Å². The molecule has 8 heteroatoms. The number of rotatable bonds is 3. The first kappa shape index (κ1) is 16.7. The quantitative estimate of drug-likeness (QED) is 0.872. The van der Waals surface area contributed by atoms with Crippen molar-refractivity contribution in [1.82, 2.24) is 15.3 Å². The van der Waals surface area contributed by atoms with Gasteiger partial charge in [-0.15, -0.1) is 0 Å². The third-order valence-corrected chi connectivity index (χ3v) is 4.00. The van der Waals surface area contributed by atoms with Gasteiger partial charge in [0.05, 0.1) is 32.7 Å². The van der Waals surface area contributed by atoms with Gasteiger partial charge in [0.1, 0.15) is 11.9 Å². The molecule has 7 nitrogen and oxygen atoms in total. The number of hydrogen-bond donors (Lipinski definition) is 1. The molecule has 2 aliphatic heterocycles. The number of hydrazine groups is 1. The fourth-order valence-electron chi connectivity index (χ4n) is 2.65. The third-order valence-electron chi connectivity index (χ3n) is 4.00. The maximum Gasteiger partial charge on any atom is 0.410 e. The van der Waals surface area contributed by atoms with E-state index in [2.05, 4.69) is 5.43 Å². The molecule has 2 fully saturated rings. The second-order valence-corrected chi connectivity index (χ2v) is 5.78. The van der Waals surface area contributed by atoms with Gasteiger partial charge >= 0.3 is 6.09 Å². The summed E-state index contributed by atoms with van der Waals surface area (Å²) in [6, 6.07) is 5.82. The van der Waals surface area contributed by atoms with Gasteiger partial charge in [-0.25, -0.2) is 14.6 Å². The Morgan fingerprint density at radius 2 is 1.96 bits per heavy atom. The van der Waals surface area contributed by atoms with Crippen molar-refractivity contribution in [3.05, 3.63) is 35.6 Å². The van der Waals surface area contributed by atoms with Gasteiger partial charge in [-0.05, 0) is 17.7 Å². The van der Waals surface area contributed by atoms with Crippen molar-refractivity contribution in [3.63, 3.8) is 0 Å². The van der Waals surface area contributed by atoms with Crippen LogP contribution in [0.5, 0.6) is 0 Å². The van der Waals surface area contributed by atoms with Crippen LogP contribution in [0, 0.1) is 5.82 Å². The zero-order chi connectivity index (χ0) is 16.9. The molecule has 0 radical (unpaired) electrons. The number of amides is 2. The maximum atomic E-state index is 12.9. The Labute approximate surface area is 139 Å². The lowest BCUT2D eigenvalue weighted by molar-refractivity contribution is -0.132. The summed E-state index contributed by atoms with van der Waals surface area (Å²) in [5, 5.41) is 1.45. The predicted octanol–water partition coefficient (Wildman–Crippen LogP) is 0.552. The lowest BCUT2D eigenvalue weighted by atomic mass is 10.1. The molecular weight excluding hydrogens is 317 g/mol. The smallest absolute Gasteiger partial charge is 0.410 e. The van der Waals surface area contributed by atoms with Crippen LogP contribution in [0.1, 0.15) is 5.56 Å². The molecule has 1 atom stereocenters. The number of morpholine rings is 1. The van der Waals surface area contributed by atoms with Gasteiger partial charge in [-0.3, -0.25) is 9.80 Å². The Hall–Kier alpha value is -2.19. The average molecular weight is 337 g/mol. The van der Waals surface area contributed by atoms with Crippen LogP contribution in [-0.4, -0.2) is 67.4 Å². The van der Waals surface area contributed by atoms with Gasteiger partial charge in [0.2, 0.25) is 5.91 Å². The van der Waals surface area contributed by atoms with E-state index in [0.717, 1.165) is 5.56 Å². The average Bonchev–Trinajstić information content (AvgIpc) is 3.06. The fraction of sp³-hybridized carbons (Fsp3) is 0.500. The number of ether oxygens (including phenoxy) is 2. The molecular formula is C16H20FN3O4. The van der Waals surface area contributed by atoms with E-state index in [0.29, 0.717) is 39.4 Å². The van der Waals surface area contributed by atoms with Gasteiger partial charge in [-0.1, -0.05) is 12.1 Å². The summed E-state index contributed by atoms with van der Waals surface area (Å²) in [7, 11) is 0. The van der Waals surface area contributed by atoms with Crippen LogP contribution >= 0.6 is 0 Å². The first-order chi connectivity index (χ1) is 11.6. The topological polar surface area (TPSA) is 71.1 Å². The minimum absolute atomic E-state index is 0.147. The van der Waals surface area contributed by atoms with E-state index >= 15 is 0 Å². The zero-order valence-corrected chi connectivity index (χ0v) is 13.2. The summed E-state index contributed by atoms with van der Waals surface area (Å²) >= 11 is 0. The van der Waals surface area contributed by atoms with Gasteiger partial charge in [-0.2, -0.15) is 0 Å². The largest absolute Gasteiger partial charge is 0.443 e. The normalized spacial score (nSPS) is 21.0. The van der Waals surface area contributed by atoms with Gasteiger partial charge in [0, 0.05) is 13.1 Å². The first-order valence-corrected chi connectivity index (χ1v) is 7.93. The second kappa shape index (κ2) is 7.59. The Balaban J connectivity index is 1.46. The molecule has 2 amide bonds. The number of carbonyl (C=O) groups excluding carboxylic acids is 2. The van der Waals surface area contributed by atoms with Crippen molar-refractivity contribution >= 4 is 12.0 Å². The standard InChI is InChI=1S/C16H20FN3O4/c17-13-3-1-12(2-4-13)9-15(21)20-11-14(10-18-20)24-16(22)19-5-7-23-8-6-19/h1-4,14,18H,5-11H2. The molecule has 0 saturated carbocycles. The summed E-state index contributed by atoms with van der Waals surface area (Å²) in [6.07, 6.45) is -0.590. The van der Waals surface area contributed by atoms with Crippen molar-refractivity contribution < 1.29 is 23.5 Å². The first-order valence-electron chi connectivity index (χ1n) is 7.93. The molecule has 1 aromatic carbocycles. The monoisotopic (exact) mass is 337 g/mol. The fourth-order valence-corrected chi connectivity index (χ4v) is 2.65. The highest BCUT2D eigenvalue weighted by atomic mass is 19.1. The Morgan fingerprint density at radius 3 is 2.67 bits per heavy atom. The molecule has 130 valence electrons. The number of benzene rings is 1. The van der Waals surface area contributed by atoms with E-state index in [1.165, 1.54) is 17.1 Å². The van der Waals surface area contributed by atoms with Gasteiger partial charge < -0.3 is 14.4 Å². The number of nitrogens with zero attached hydrogens (tertiary/aromatic N) is 2. The highest BCUT2D eigenvalue weighted by molar-refractivity contribution is 5.78. The van der Waals surface area contributed by atoms with Crippen molar-refractivity contribution in [3.8, 4) is 0 Å². The molecule has 0 bridgehead atoms. The summed E-state index contributed by atoms with van der Waals surface area (Å²) in [5.41, 5.74) is 3.67. The molecule has 0 aromatic heterocycles. The predicted molar refractivity (Wildman–Crippen MR) is 82.5 cm³/mol. The van der Waals surface area contributed by atoms with Crippen LogP contribution in [-0.2, 0) is 20.7 Å². The van der Waals surface area contributed by atoms with Crippen LogP contribution in [0.2, 0.25) is 0 Å². The molecule has 0 aliphatic carbocycles. The molecule has 1 unspecified atom stereocenters. The Kier molecular flexibility index (Phi) is 5.27. The van der Waals surface area contributed by atoms with Crippen molar-refractivity contribution in [2.75, 3.05) is 39.4 Å². The van der Waals surface area contributed by atoms with Crippen LogP contribution < -0.4 is 5.43 Å². The minimum atomic E-state index is -0.377. The summed E-state index contributed by atoms with van der Waals surface area (Å²) in [4.78, 5) is 25.9. The second-order valence-electron chi connectivity index (χ2n) is 5.78. The van der Waals surface area contributed by atoms with E-state index in [-0.39, 0.29) is 30.3 Å². The van der Waals surface area contributed by atoms with Crippen molar-refractivity contribution in [2.24, 2.45) is 0 Å². The van der Waals surface area contributed by atoms with Crippen molar-refractivity contribution in [2.45, 2.75) is 12.5 Å².